The smallest absolute Gasteiger partial charge is 0.261 e. The summed E-state index contributed by atoms with van der Waals surface area (Å²) in [5.41, 5.74) is 1.39. The van der Waals surface area contributed by atoms with E-state index in [2.05, 4.69) is 5.32 Å². The molecule has 1 heterocycles. The number of nitrogens with one attached hydrogen (secondary N) is 1. The molecule has 1 atom stereocenters. The van der Waals surface area contributed by atoms with Gasteiger partial charge in [-0.15, -0.1) is 11.8 Å². The normalized spacial score (nSPS) is 16.5. The van der Waals surface area contributed by atoms with Crippen LogP contribution in [-0.4, -0.2) is 45.5 Å². The van der Waals surface area contributed by atoms with Crippen molar-refractivity contribution in [2.24, 2.45) is 0 Å². The molecule has 29 heavy (non-hydrogen) atoms. The van der Waals surface area contributed by atoms with E-state index in [0.717, 1.165) is 16.7 Å². The summed E-state index contributed by atoms with van der Waals surface area (Å²) in [5, 5.41) is 3.57. The Kier molecular flexibility index (Phi) is 6.97. The molecule has 1 N–H and O–H groups in total. The molecule has 0 saturated heterocycles. The monoisotopic (exact) mass is 454 g/mol. The fourth-order valence-corrected chi connectivity index (χ4v) is 4.84. The van der Waals surface area contributed by atoms with E-state index < -0.39 is 16.1 Å². The molecule has 1 aliphatic rings. The summed E-state index contributed by atoms with van der Waals surface area (Å²) in [6, 6.07) is 12.8. The van der Waals surface area contributed by atoms with Crippen molar-refractivity contribution < 1.29 is 17.9 Å². The Balaban J connectivity index is 1.61. The third-order valence-corrected chi connectivity index (χ3v) is 6.87. The third kappa shape index (κ3) is 5.81. The molecule has 0 bridgehead atoms. The van der Waals surface area contributed by atoms with Crippen LogP contribution in [0.25, 0.3) is 0 Å². The lowest BCUT2D eigenvalue weighted by Crippen LogP contribution is -2.40. The van der Waals surface area contributed by atoms with Crippen molar-refractivity contribution in [1.29, 1.82) is 0 Å². The van der Waals surface area contributed by atoms with Crippen LogP contribution in [0.4, 0.5) is 5.69 Å². The number of anilines is 1. The van der Waals surface area contributed by atoms with E-state index in [0.29, 0.717) is 28.8 Å². The zero-order valence-electron chi connectivity index (χ0n) is 16.2. The van der Waals surface area contributed by atoms with Gasteiger partial charge in [0, 0.05) is 35.2 Å². The van der Waals surface area contributed by atoms with Crippen LogP contribution in [0.15, 0.2) is 47.4 Å². The Labute approximate surface area is 180 Å². The highest BCUT2D eigenvalue weighted by atomic mass is 35.5. The number of hydrogen-bond acceptors (Lipinski definition) is 5. The predicted molar refractivity (Wildman–Crippen MR) is 118 cm³/mol. The van der Waals surface area contributed by atoms with Gasteiger partial charge in [0.25, 0.3) is 5.91 Å². The maximum Gasteiger partial charge on any atom is 0.261 e. The van der Waals surface area contributed by atoms with Gasteiger partial charge in [0.05, 0.1) is 11.9 Å². The molecule has 0 saturated carbocycles. The second-order valence-electron chi connectivity index (χ2n) is 6.79. The first-order chi connectivity index (χ1) is 13.7. The molecular weight excluding hydrogens is 432 g/mol. The Morgan fingerprint density at radius 3 is 2.69 bits per heavy atom. The van der Waals surface area contributed by atoms with Gasteiger partial charge in [0.2, 0.25) is 10.0 Å². The molecule has 0 aliphatic carbocycles. The molecule has 6 nitrogen and oxygen atoms in total. The first-order valence-electron chi connectivity index (χ1n) is 9.15. The quantitative estimate of drug-likeness (QED) is 0.534. The number of aryl methyl sites for hydroxylation is 1. The van der Waals surface area contributed by atoms with Gasteiger partial charge < -0.3 is 10.1 Å². The van der Waals surface area contributed by atoms with Crippen molar-refractivity contribution in [1.82, 2.24) is 5.32 Å². The summed E-state index contributed by atoms with van der Waals surface area (Å²) in [6.07, 6.45) is 0.688. The highest BCUT2D eigenvalue weighted by Crippen LogP contribution is 2.35. The Hall–Kier alpha value is -1.90. The molecule has 2 aromatic rings. The Morgan fingerprint density at radius 1 is 1.28 bits per heavy atom. The number of benzene rings is 2. The fraction of sp³-hybridized carbons (Fsp3) is 0.350. The molecular formula is C20H23ClN2O4S2. The van der Waals surface area contributed by atoms with E-state index in [-0.39, 0.29) is 18.9 Å². The number of fused-ring (bicyclic) bond motifs is 1. The van der Waals surface area contributed by atoms with E-state index in [1.54, 1.807) is 23.9 Å². The van der Waals surface area contributed by atoms with Crippen LogP contribution < -0.4 is 14.4 Å². The maximum absolute atomic E-state index is 12.6. The van der Waals surface area contributed by atoms with E-state index in [4.69, 9.17) is 16.3 Å². The van der Waals surface area contributed by atoms with Crippen molar-refractivity contribution in [2.75, 3.05) is 29.4 Å². The minimum Gasteiger partial charge on any atom is -0.478 e. The Bertz CT molecular complexity index is 980. The number of nitrogens with zero attached hydrogens (tertiary/aromatic N) is 1. The topological polar surface area (TPSA) is 75.7 Å². The van der Waals surface area contributed by atoms with Gasteiger partial charge in [0.1, 0.15) is 5.75 Å². The summed E-state index contributed by atoms with van der Waals surface area (Å²) in [4.78, 5) is 13.7. The van der Waals surface area contributed by atoms with Gasteiger partial charge in [-0.25, -0.2) is 8.42 Å². The minimum atomic E-state index is -3.47. The highest BCUT2D eigenvalue weighted by molar-refractivity contribution is 7.99. The van der Waals surface area contributed by atoms with Crippen molar-refractivity contribution in [2.45, 2.75) is 24.3 Å². The van der Waals surface area contributed by atoms with Crippen LogP contribution >= 0.6 is 23.4 Å². The number of carbonyl (C=O) groups is 1. The lowest BCUT2D eigenvalue weighted by Gasteiger charge is -2.21. The number of halogens is 1. The van der Waals surface area contributed by atoms with E-state index in [1.165, 1.54) is 4.31 Å². The summed E-state index contributed by atoms with van der Waals surface area (Å²) in [5.74, 6) is 0.850. The average molecular weight is 455 g/mol. The standard InChI is InChI=1S/C20H23ClN2O4S2/c1-14-3-8-18-17(13-14)23(29(2,25)26)11-9-19(27-18)20(24)22-10-12-28-16-6-4-15(21)5-7-16/h3-8,13,19H,9-12H2,1-2H3,(H,22,24). The zero-order chi connectivity index (χ0) is 21.0. The van der Waals surface area contributed by atoms with E-state index in [1.807, 2.05) is 37.3 Å². The first-order valence-corrected chi connectivity index (χ1v) is 12.4. The molecule has 0 aromatic heterocycles. The summed E-state index contributed by atoms with van der Waals surface area (Å²) >= 11 is 7.49. The first kappa shape index (κ1) is 21.8. The SMILES string of the molecule is Cc1ccc2c(c1)N(S(C)(=O)=O)CCC(C(=O)NCCSc1ccc(Cl)cc1)O2. The fourth-order valence-electron chi connectivity index (χ4n) is 3.01. The van der Waals surface area contributed by atoms with Crippen molar-refractivity contribution in [3.8, 4) is 5.75 Å². The van der Waals surface area contributed by atoms with Gasteiger partial charge in [0.15, 0.2) is 6.10 Å². The zero-order valence-corrected chi connectivity index (χ0v) is 18.6. The summed E-state index contributed by atoms with van der Waals surface area (Å²) in [7, 11) is -3.47. The molecule has 2 aromatic carbocycles. The summed E-state index contributed by atoms with van der Waals surface area (Å²) < 4.78 is 31.6. The van der Waals surface area contributed by atoms with Gasteiger partial charge in [-0.2, -0.15) is 0 Å². The van der Waals surface area contributed by atoms with E-state index in [9.17, 15) is 13.2 Å². The van der Waals surface area contributed by atoms with Crippen molar-refractivity contribution in [3.05, 3.63) is 53.1 Å². The molecule has 0 fully saturated rings. The largest absolute Gasteiger partial charge is 0.478 e. The van der Waals surface area contributed by atoms with Crippen LogP contribution in [0.2, 0.25) is 5.02 Å². The number of amides is 1. The van der Waals surface area contributed by atoms with Gasteiger partial charge in [-0.3, -0.25) is 9.10 Å². The van der Waals surface area contributed by atoms with Crippen LogP contribution in [-0.2, 0) is 14.8 Å². The number of hydrogen-bond donors (Lipinski definition) is 1. The lowest BCUT2D eigenvalue weighted by molar-refractivity contribution is -0.127. The van der Waals surface area contributed by atoms with Crippen LogP contribution in [0, 0.1) is 6.92 Å². The van der Waals surface area contributed by atoms with E-state index >= 15 is 0 Å². The molecule has 0 radical (unpaired) electrons. The van der Waals surface area contributed by atoms with Crippen LogP contribution in [0.3, 0.4) is 0 Å². The number of sulfonamides is 1. The summed E-state index contributed by atoms with van der Waals surface area (Å²) in [6.45, 7) is 2.55. The number of ether oxygens (including phenoxy) is 1. The molecule has 1 aliphatic heterocycles. The number of rotatable bonds is 6. The number of carbonyl (C=O) groups excluding carboxylic acids is 1. The average Bonchev–Trinajstić information content (AvgIpc) is 2.85. The van der Waals surface area contributed by atoms with Crippen LogP contribution in [0.1, 0.15) is 12.0 Å². The van der Waals surface area contributed by atoms with Gasteiger partial charge in [-0.05, 0) is 48.9 Å². The van der Waals surface area contributed by atoms with Gasteiger partial charge in [-0.1, -0.05) is 17.7 Å². The molecule has 0 spiro atoms. The van der Waals surface area contributed by atoms with Crippen molar-refractivity contribution >= 4 is 45.0 Å². The van der Waals surface area contributed by atoms with Crippen molar-refractivity contribution in [3.63, 3.8) is 0 Å². The minimum absolute atomic E-state index is 0.187. The molecule has 1 unspecified atom stereocenters. The molecule has 3 rings (SSSR count). The third-order valence-electron chi connectivity index (χ3n) is 4.42. The number of thioether (sulfide) groups is 1. The predicted octanol–water partition coefficient (Wildman–Crippen LogP) is 3.47. The highest BCUT2D eigenvalue weighted by Gasteiger charge is 2.31. The second kappa shape index (κ2) is 9.28. The van der Waals surface area contributed by atoms with Crippen LogP contribution in [0.5, 0.6) is 5.75 Å². The lowest BCUT2D eigenvalue weighted by atomic mass is 10.2. The molecule has 9 heteroatoms. The molecule has 156 valence electrons. The van der Waals surface area contributed by atoms with Gasteiger partial charge >= 0.3 is 0 Å². The Morgan fingerprint density at radius 2 is 2.00 bits per heavy atom. The molecule has 1 amide bonds. The second-order valence-corrected chi connectivity index (χ2v) is 10.3. The maximum atomic E-state index is 12.6.